The van der Waals surface area contributed by atoms with Gasteiger partial charge in [0, 0.05) is 0 Å². The van der Waals surface area contributed by atoms with E-state index in [1.54, 1.807) is 0 Å². The molecule has 0 aromatic heterocycles. The Bertz CT molecular complexity index is 480. The molecule has 2 aromatic carbocycles. The topological polar surface area (TPSA) is 17.1 Å². The minimum absolute atomic E-state index is 0.167. The van der Waals surface area contributed by atoms with Crippen LogP contribution in [0.4, 0.5) is 0 Å². The largest absolute Gasteiger partial charge is 0.297 e. The fourth-order valence-corrected chi connectivity index (χ4v) is 2.73. The van der Waals surface area contributed by atoms with Crippen molar-refractivity contribution in [2.24, 2.45) is 0 Å². The van der Waals surface area contributed by atoms with Crippen molar-refractivity contribution < 1.29 is 4.79 Å². The standard InChI is InChI=1S/C16H15BrO/c1-16(15(18)12-17,13-8-4-2-5-9-13)14-10-6-3-7-11-14/h2-11H,12H2,1H3. The molecule has 1 nitrogen and oxygen atoms in total. The molecule has 0 atom stereocenters. The summed E-state index contributed by atoms with van der Waals surface area (Å²) in [6, 6.07) is 19.8. The van der Waals surface area contributed by atoms with Crippen LogP contribution in [0.2, 0.25) is 0 Å². The van der Waals surface area contributed by atoms with Gasteiger partial charge in [-0.25, -0.2) is 0 Å². The highest BCUT2D eigenvalue weighted by Crippen LogP contribution is 2.33. The van der Waals surface area contributed by atoms with Gasteiger partial charge in [0.15, 0.2) is 5.78 Å². The summed E-state index contributed by atoms with van der Waals surface area (Å²) in [6.07, 6.45) is 0. The predicted octanol–water partition coefficient (Wildman–Crippen LogP) is 3.96. The van der Waals surface area contributed by atoms with Crippen molar-refractivity contribution in [3.05, 3.63) is 71.8 Å². The number of halogens is 1. The molecule has 0 saturated carbocycles. The summed E-state index contributed by atoms with van der Waals surface area (Å²) in [5.74, 6) is 0.167. The van der Waals surface area contributed by atoms with E-state index in [9.17, 15) is 4.79 Å². The monoisotopic (exact) mass is 302 g/mol. The molecule has 0 N–H and O–H groups in total. The summed E-state index contributed by atoms with van der Waals surface area (Å²) in [5.41, 5.74) is 1.47. The lowest BCUT2D eigenvalue weighted by Crippen LogP contribution is -2.34. The van der Waals surface area contributed by atoms with Crippen LogP contribution in [-0.2, 0) is 10.2 Å². The lowest BCUT2D eigenvalue weighted by Gasteiger charge is -2.28. The minimum Gasteiger partial charge on any atom is -0.297 e. The van der Waals surface area contributed by atoms with Crippen LogP contribution < -0.4 is 0 Å². The Labute approximate surface area is 116 Å². The SMILES string of the molecule is CC(C(=O)CBr)(c1ccccc1)c1ccccc1. The molecule has 0 aliphatic heterocycles. The molecule has 92 valence electrons. The fourth-order valence-electron chi connectivity index (χ4n) is 2.17. The molecule has 0 saturated heterocycles. The maximum absolute atomic E-state index is 12.4. The molecule has 0 amide bonds. The van der Waals surface area contributed by atoms with Crippen molar-refractivity contribution >= 4 is 21.7 Å². The molecular formula is C16H15BrO. The molecule has 0 aliphatic rings. The van der Waals surface area contributed by atoms with Gasteiger partial charge in [-0.05, 0) is 18.1 Å². The number of carbonyl (C=O) groups is 1. The van der Waals surface area contributed by atoms with Crippen molar-refractivity contribution in [2.75, 3.05) is 5.33 Å². The number of Topliss-reactive ketones (excluding diaryl/α,β-unsaturated/α-hetero) is 1. The van der Waals surface area contributed by atoms with E-state index in [0.29, 0.717) is 5.33 Å². The molecule has 0 fully saturated rings. The van der Waals surface area contributed by atoms with Gasteiger partial charge >= 0.3 is 0 Å². The van der Waals surface area contributed by atoms with E-state index in [1.165, 1.54) is 0 Å². The van der Waals surface area contributed by atoms with Crippen molar-refractivity contribution in [2.45, 2.75) is 12.3 Å². The third kappa shape index (κ3) is 2.25. The quantitative estimate of drug-likeness (QED) is 0.781. The third-order valence-electron chi connectivity index (χ3n) is 3.38. The number of hydrogen-bond acceptors (Lipinski definition) is 1. The van der Waals surface area contributed by atoms with Crippen molar-refractivity contribution in [1.29, 1.82) is 0 Å². The van der Waals surface area contributed by atoms with Crippen molar-refractivity contribution in [3.8, 4) is 0 Å². The van der Waals surface area contributed by atoms with Gasteiger partial charge in [-0.3, -0.25) is 4.79 Å². The van der Waals surface area contributed by atoms with E-state index in [2.05, 4.69) is 15.9 Å². The summed E-state index contributed by atoms with van der Waals surface area (Å²) >= 11 is 3.30. The Morgan fingerprint density at radius 1 is 0.944 bits per heavy atom. The number of ketones is 1. The van der Waals surface area contributed by atoms with Crippen molar-refractivity contribution in [3.63, 3.8) is 0 Å². The van der Waals surface area contributed by atoms with E-state index >= 15 is 0 Å². The fraction of sp³-hybridized carbons (Fsp3) is 0.188. The van der Waals surface area contributed by atoms with Gasteiger partial charge < -0.3 is 0 Å². The molecule has 2 rings (SSSR count). The second-order valence-corrected chi connectivity index (χ2v) is 4.97. The predicted molar refractivity (Wildman–Crippen MR) is 78.1 cm³/mol. The van der Waals surface area contributed by atoms with E-state index in [4.69, 9.17) is 0 Å². The Morgan fingerprint density at radius 2 is 1.33 bits per heavy atom. The highest BCUT2D eigenvalue weighted by atomic mass is 79.9. The Hall–Kier alpha value is -1.41. The first kappa shape index (κ1) is 13.0. The molecule has 18 heavy (non-hydrogen) atoms. The van der Waals surface area contributed by atoms with E-state index in [0.717, 1.165) is 11.1 Å². The lowest BCUT2D eigenvalue weighted by atomic mass is 9.73. The van der Waals surface area contributed by atoms with Gasteiger partial charge in [0.2, 0.25) is 0 Å². The molecule has 2 aromatic rings. The molecule has 0 heterocycles. The zero-order chi connectivity index (χ0) is 13.0. The van der Waals surface area contributed by atoms with Gasteiger partial charge in [-0.15, -0.1) is 0 Å². The molecule has 0 radical (unpaired) electrons. The smallest absolute Gasteiger partial charge is 0.157 e. The van der Waals surface area contributed by atoms with Crippen LogP contribution in [0.1, 0.15) is 18.1 Å². The number of rotatable bonds is 4. The maximum Gasteiger partial charge on any atom is 0.157 e. The first-order valence-electron chi connectivity index (χ1n) is 5.90. The zero-order valence-corrected chi connectivity index (χ0v) is 11.9. The normalized spacial score (nSPS) is 11.2. The van der Waals surface area contributed by atoms with E-state index in [1.807, 2.05) is 67.6 Å². The molecule has 0 bridgehead atoms. The second-order valence-electron chi connectivity index (χ2n) is 4.41. The maximum atomic E-state index is 12.4. The van der Waals surface area contributed by atoms with Gasteiger partial charge in [0.25, 0.3) is 0 Å². The summed E-state index contributed by atoms with van der Waals surface area (Å²) in [7, 11) is 0. The molecule has 0 spiro atoms. The average molecular weight is 303 g/mol. The minimum atomic E-state index is -0.591. The van der Waals surface area contributed by atoms with Gasteiger partial charge in [0.05, 0.1) is 10.7 Å². The Kier molecular flexibility index (Phi) is 3.97. The summed E-state index contributed by atoms with van der Waals surface area (Å²) in [4.78, 5) is 12.4. The molecular weight excluding hydrogens is 288 g/mol. The molecule has 2 heteroatoms. The summed E-state index contributed by atoms with van der Waals surface area (Å²) in [5, 5.41) is 0.354. The van der Waals surface area contributed by atoms with Crippen LogP contribution in [0.5, 0.6) is 0 Å². The Morgan fingerprint density at radius 3 is 1.67 bits per heavy atom. The van der Waals surface area contributed by atoms with E-state index in [-0.39, 0.29) is 5.78 Å². The summed E-state index contributed by atoms with van der Waals surface area (Å²) in [6.45, 7) is 1.99. The van der Waals surface area contributed by atoms with Crippen LogP contribution in [0.15, 0.2) is 60.7 Å². The van der Waals surface area contributed by atoms with Crippen LogP contribution in [0, 0.1) is 0 Å². The number of hydrogen-bond donors (Lipinski definition) is 0. The van der Waals surface area contributed by atoms with Gasteiger partial charge in [-0.1, -0.05) is 76.6 Å². The zero-order valence-electron chi connectivity index (χ0n) is 10.3. The van der Waals surface area contributed by atoms with Crippen molar-refractivity contribution in [1.82, 2.24) is 0 Å². The molecule has 0 unspecified atom stereocenters. The van der Waals surface area contributed by atoms with Crippen LogP contribution in [0.3, 0.4) is 0 Å². The Balaban J connectivity index is 2.59. The molecule has 0 aliphatic carbocycles. The second kappa shape index (κ2) is 5.49. The highest BCUT2D eigenvalue weighted by molar-refractivity contribution is 9.09. The number of carbonyl (C=O) groups excluding carboxylic acids is 1. The van der Waals surface area contributed by atoms with E-state index < -0.39 is 5.41 Å². The highest BCUT2D eigenvalue weighted by Gasteiger charge is 2.35. The first-order valence-corrected chi connectivity index (χ1v) is 7.02. The number of benzene rings is 2. The first-order chi connectivity index (χ1) is 8.69. The lowest BCUT2D eigenvalue weighted by molar-refractivity contribution is -0.120. The van der Waals surface area contributed by atoms with Gasteiger partial charge in [-0.2, -0.15) is 0 Å². The average Bonchev–Trinajstić information content (AvgIpc) is 2.47. The van der Waals surface area contributed by atoms with Gasteiger partial charge in [0.1, 0.15) is 0 Å². The van der Waals surface area contributed by atoms with Crippen LogP contribution in [0.25, 0.3) is 0 Å². The van der Waals surface area contributed by atoms with Crippen LogP contribution >= 0.6 is 15.9 Å². The van der Waals surface area contributed by atoms with Crippen LogP contribution in [-0.4, -0.2) is 11.1 Å². The summed E-state index contributed by atoms with van der Waals surface area (Å²) < 4.78 is 0. The third-order valence-corrected chi connectivity index (χ3v) is 3.89. The number of alkyl halides is 1.